The molecule has 4 nitrogen and oxygen atoms in total. The standard InChI is InChI=1S/C24H23BrN2O2/c1-17-13-14-27(22-10-6-5-9-21(22)26-17)24(28)19-11-12-20(25)23(15-19)29-16-18-7-3-2-4-8-18/h2-12,15,17,26H,13-14,16H2,1H3/t17-/m1/s1. The predicted molar refractivity (Wildman–Crippen MR) is 121 cm³/mol. The first-order chi connectivity index (χ1) is 14.1. The maximum atomic E-state index is 13.4. The molecule has 0 saturated carbocycles. The van der Waals surface area contributed by atoms with E-state index in [9.17, 15) is 4.79 Å². The largest absolute Gasteiger partial charge is 0.488 e. The molecule has 148 valence electrons. The second-order valence-corrected chi connectivity index (χ2v) is 8.08. The lowest BCUT2D eigenvalue weighted by molar-refractivity contribution is 0.0986. The molecule has 0 spiro atoms. The van der Waals surface area contributed by atoms with Gasteiger partial charge < -0.3 is 15.0 Å². The van der Waals surface area contributed by atoms with Crippen LogP contribution in [0.4, 0.5) is 11.4 Å². The fraction of sp³-hybridized carbons (Fsp3) is 0.208. The van der Waals surface area contributed by atoms with Gasteiger partial charge in [0, 0.05) is 18.2 Å². The van der Waals surface area contributed by atoms with Gasteiger partial charge in [0.25, 0.3) is 5.91 Å². The topological polar surface area (TPSA) is 41.6 Å². The van der Waals surface area contributed by atoms with Crippen molar-refractivity contribution in [2.75, 3.05) is 16.8 Å². The minimum absolute atomic E-state index is 0.0228. The molecular formula is C24H23BrN2O2. The third kappa shape index (κ3) is 4.46. The van der Waals surface area contributed by atoms with Gasteiger partial charge in [0.2, 0.25) is 0 Å². The molecule has 0 aromatic heterocycles. The molecule has 3 aromatic rings. The van der Waals surface area contributed by atoms with E-state index in [0.717, 1.165) is 27.8 Å². The molecule has 1 N–H and O–H groups in total. The van der Waals surface area contributed by atoms with Crippen molar-refractivity contribution >= 4 is 33.2 Å². The Labute approximate surface area is 179 Å². The highest BCUT2D eigenvalue weighted by atomic mass is 79.9. The summed E-state index contributed by atoms with van der Waals surface area (Å²) < 4.78 is 6.81. The Bertz CT molecular complexity index is 1010. The van der Waals surface area contributed by atoms with Gasteiger partial charge in [-0.05, 0) is 65.2 Å². The van der Waals surface area contributed by atoms with Crippen LogP contribution in [-0.2, 0) is 6.61 Å². The van der Waals surface area contributed by atoms with Crippen LogP contribution in [-0.4, -0.2) is 18.5 Å². The van der Waals surface area contributed by atoms with E-state index in [2.05, 4.69) is 28.2 Å². The molecule has 3 aromatic carbocycles. The van der Waals surface area contributed by atoms with E-state index in [1.807, 2.05) is 77.7 Å². The van der Waals surface area contributed by atoms with Crippen LogP contribution in [0.5, 0.6) is 5.75 Å². The molecule has 0 bridgehead atoms. The average molecular weight is 451 g/mol. The number of carbonyl (C=O) groups is 1. The van der Waals surface area contributed by atoms with Crippen LogP contribution in [0, 0.1) is 0 Å². The zero-order chi connectivity index (χ0) is 20.2. The van der Waals surface area contributed by atoms with Crippen LogP contribution in [0.15, 0.2) is 77.3 Å². The molecule has 0 aliphatic carbocycles. The number of para-hydroxylation sites is 2. The van der Waals surface area contributed by atoms with E-state index in [4.69, 9.17) is 4.74 Å². The fourth-order valence-corrected chi connectivity index (χ4v) is 3.82. The number of ether oxygens (including phenoxy) is 1. The van der Waals surface area contributed by atoms with Crippen LogP contribution >= 0.6 is 15.9 Å². The molecule has 1 amide bonds. The number of anilines is 2. The molecule has 1 aliphatic rings. The SMILES string of the molecule is C[C@@H]1CCN(C(=O)c2ccc(Br)c(OCc3ccccc3)c2)c2ccccc2N1. The third-order valence-corrected chi connectivity index (χ3v) is 5.70. The van der Waals surface area contributed by atoms with Crippen LogP contribution in [0.2, 0.25) is 0 Å². The van der Waals surface area contributed by atoms with Gasteiger partial charge in [0.15, 0.2) is 0 Å². The average Bonchev–Trinajstić information content (AvgIpc) is 2.91. The summed E-state index contributed by atoms with van der Waals surface area (Å²) in [6.07, 6.45) is 0.883. The number of rotatable bonds is 4. The van der Waals surface area contributed by atoms with Crippen molar-refractivity contribution in [3.8, 4) is 5.75 Å². The van der Waals surface area contributed by atoms with Crippen LogP contribution in [0.25, 0.3) is 0 Å². The van der Waals surface area contributed by atoms with E-state index >= 15 is 0 Å². The smallest absolute Gasteiger partial charge is 0.258 e. The van der Waals surface area contributed by atoms with Crippen molar-refractivity contribution in [1.29, 1.82) is 0 Å². The first kappa shape index (κ1) is 19.5. The second kappa shape index (κ2) is 8.70. The highest BCUT2D eigenvalue weighted by molar-refractivity contribution is 9.10. The lowest BCUT2D eigenvalue weighted by atomic mass is 10.1. The third-order valence-electron chi connectivity index (χ3n) is 5.04. The summed E-state index contributed by atoms with van der Waals surface area (Å²) in [7, 11) is 0. The molecule has 5 heteroatoms. The predicted octanol–water partition coefficient (Wildman–Crippen LogP) is 5.88. The van der Waals surface area contributed by atoms with Gasteiger partial charge in [0.05, 0.1) is 15.8 Å². The normalized spacial score (nSPS) is 15.8. The minimum atomic E-state index is -0.0228. The first-order valence-corrected chi connectivity index (χ1v) is 10.5. The summed E-state index contributed by atoms with van der Waals surface area (Å²) in [6.45, 7) is 3.26. The molecular weight excluding hydrogens is 428 g/mol. The molecule has 4 rings (SSSR count). The molecule has 1 heterocycles. The number of nitrogens with zero attached hydrogens (tertiary/aromatic N) is 1. The Hall–Kier alpha value is -2.79. The van der Waals surface area contributed by atoms with Gasteiger partial charge in [-0.15, -0.1) is 0 Å². The number of fused-ring (bicyclic) bond motifs is 1. The van der Waals surface area contributed by atoms with Crippen LogP contribution in [0.1, 0.15) is 29.3 Å². The zero-order valence-corrected chi connectivity index (χ0v) is 17.9. The molecule has 0 fully saturated rings. The van der Waals surface area contributed by atoms with Crippen LogP contribution < -0.4 is 15.0 Å². The van der Waals surface area contributed by atoms with Gasteiger partial charge in [-0.3, -0.25) is 4.79 Å². The number of hydrogen-bond donors (Lipinski definition) is 1. The van der Waals surface area contributed by atoms with Crippen molar-refractivity contribution in [2.24, 2.45) is 0 Å². The number of amides is 1. The monoisotopic (exact) mass is 450 g/mol. The lowest BCUT2D eigenvalue weighted by Crippen LogP contribution is -2.32. The van der Waals surface area contributed by atoms with E-state index in [0.29, 0.717) is 30.5 Å². The molecule has 0 radical (unpaired) electrons. The fourth-order valence-electron chi connectivity index (χ4n) is 3.46. The highest BCUT2D eigenvalue weighted by Crippen LogP contribution is 2.33. The van der Waals surface area contributed by atoms with Crippen molar-refractivity contribution in [1.82, 2.24) is 0 Å². The number of nitrogens with one attached hydrogen (secondary N) is 1. The van der Waals surface area contributed by atoms with Crippen molar-refractivity contribution in [3.05, 3.63) is 88.4 Å². The van der Waals surface area contributed by atoms with Crippen molar-refractivity contribution < 1.29 is 9.53 Å². The number of carbonyl (C=O) groups excluding carboxylic acids is 1. The Morgan fingerprint density at radius 3 is 2.69 bits per heavy atom. The molecule has 1 aliphatic heterocycles. The lowest BCUT2D eigenvalue weighted by Gasteiger charge is -2.23. The summed E-state index contributed by atoms with van der Waals surface area (Å²) in [5, 5.41) is 3.49. The molecule has 0 saturated heterocycles. The summed E-state index contributed by atoms with van der Waals surface area (Å²) in [5.41, 5.74) is 3.60. The van der Waals surface area contributed by atoms with Gasteiger partial charge in [-0.25, -0.2) is 0 Å². The van der Waals surface area contributed by atoms with E-state index in [-0.39, 0.29) is 5.91 Å². The molecule has 1 atom stereocenters. The van der Waals surface area contributed by atoms with Gasteiger partial charge in [-0.1, -0.05) is 42.5 Å². The minimum Gasteiger partial charge on any atom is -0.488 e. The first-order valence-electron chi connectivity index (χ1n) is 9.75. The van der Waals surface area contributed by atoms with E-state index in [1.54, 1.807) is 0 Å². The quantitative estimate of drug-likeness (QED) is 0.539. The number of benzene rings is 3. The van der Waals surface area contributed by atoms with Gasteiger partial charge >= 0.3 is 0 Å². The number of hydrogen-bond acceptors (Lipinski definition) is 3. The molecule has 0 unspecified atom stereocenters. The summed E-state index contributed by atoms with van der Waals surface area (Å²) in [5.74, 6) is 0.639. The summed E-state index contributed by atoms with van der Waals surface area (Å²) in [4.78, 5) is 15.2. The zero-order valence-electron chi connectivity index (χ0n) is 16.3. The van der Waals surface area contributed by atoms with E-state index in [1.165, 1.54) is 0 Å². The summed E-state index contributed by atoms with van der Waals surface area (Å²) in [6, 6.07) is 23.8. The Kier molecular flexibility index (Phi) is 5.86. The number of halogens is 1. The van der Waals surface area contributed by atoms with Crippen LogP contribution in [0.3, 0.4) is 0 Å². The Morgan fingerprint density at radius 2 is 1.86 bits per heavy atom. The Morgan fingerprint density at radius 1 is 1.10 bits per heavy atom. The van der Waals surface area contributed by atoms with Crippen molar-refractivity contribution in [2.45, 2.75) is 26.0 Å². The van der Waals surface area contributed by atoms with E-state index < -0.39 is 0 Å². The highest BCUT2D eigenvalue weighted by Gasteiger charge is 2.24. The van der Waals surface area contributed by atoms with Gasteiger partial charge in [-0.2, -0.15) is 0 Å². The van der Waals surface area contributed by atoms with Gasteiger partial charge in [0.1, 0.15) is 12.4 Å². The molecule has 29 heavy (non-hydrogen) atoms. The second-order valence-electron chi connectivity index (χ2n) is 7.23. The van der Waals surface area contributed by atoms with Crippen molar-refractivity contribution in [3.63, 3.8) is 0 Å². The maximum absolute atomic E-state index is 13.4. The maximum Gasteiger partial charge on any atom is 0.258 e. The Balaban J connectivity index is 1.59. The summed E-state index contributed by atoms with van der Waals surface area (Å²) >= 11 is 3.54.